The van der Waals surface area contributed by atoms with Crippen LogP contribution in [-0.4, -0.2) is 11.8 Å². The molecule has 0 aliphatic carbocycles. The van der Waals surface area contributed by atoms with Gasteiger partial charge in [-0.1, -0.05) is 30.3 Å². The molecule has 0 fully saturated rings. The van der Waals surface area contributed by atoms with E-state index in [0.717, 1.165) is 17.7 Å². The zero-order chi connectivity index (χ0) is 16.8. The fourth-order valence-corrected chi connectivity index (χ4v) is 2.15. The predicted octanol–water partition coefficient (Wildman–Crippen LogP) is 3.17. The van der Waals surface area contributed by atoms with Crippen LogP contribution in [0, 0.1) is 11.6 Å². The Morgan fingerprint density at radius 3 is 2.35 bits per heavy atom. The molecule has 0 heterocycles. The highest BCUT2D eigenvalue weighted by Crippen LogP contribution is 2.19. The van der Waals surface area contributed by atoms with E-state index in [1.165, 1.54) is 13.0 Å². The number of amides is 2. The molecule has 2 aromatic rings. The zero-order valence-corrected chi connectivity index (χ0v) is 12.5. The number of carbonyl (C=O) groups excluding carboxylic acids is 2. The van der Waals surface area contributed by atoms with Crippen molar-refractivity contribution in [2.75, 3.05) is 5.32 Å². The van der Waals surface area contributed by atoms with Crippen LogP contribution < -0.4 is 10.6 Å². The minimum atomic E-state index is -1.04. The Labute approximate surface area is 132 Å². The maximum atomic E-state index is 13.1. The summed E-state index contributed by atoms with van der Waals surface area (Å²) in [4.78, 5) is 23.4. The van der Waals surface area contributed by atoms with Crippen LogP contribution in [0.4, 0.5) is 14.5 Å². The Bertz CT molecular complexity index is 705. The molecule has 0 spiro atoms. The maximum Gasteiger partial charge on any atom is 0.226 e. The second-order valence-corrected chi connectivity index (χ2v) is 5.04. The summed E-state index contributed by atoms with van der Waals surface area (Å²) in [6.07, 6.45) is -0.0252. The highest BCUT2D eigenvalue weighted by atomic mass is 19.2. The highest BCUT2D eigenvalue weighted by molar-refractivity contribution is 5.91. The van der Waals surface area contributed by atoms with Crippen LogP contribution in [0.15, 0.2) is 48.5 Å². The van der Waals surface area contributed by atoms with Crippen LogP contribution in [0.1, 0.15) is 24.9 Å². The van der Waals surface area contributed by atoms with E-state index in [2.05, 4.69) is 10.6 Å². The van der Waals surface area contributed by atoms with Gasteiger partial charge in [0.25, 0.3) is 0 Å². The first kappa shape index (κ1) is 16.6. The van der Waals surface area contributed by atoms with Crippen LogP contribution >= 0.6 is 0 Å². The third-order valence-electron chi connectivity index (χ3n) is 3.17. The van der Waals surface area contributed by atoms with Crippen LogP contribution in [0.25, 0.3) is 0 Å². The van der Waals surface area contributed by atoms with Crippen LogP contribution in [0.5, 0.6) is 0 Å². The molecule has 2 amide bonds. The lowest BCUT2D eigenvalue weighted by atomic mass is 10.0. The number of carbonyl (C=O) groups is 2. The van der Waals surface area contributed by atoms with Crippen molar-refractivity contribution in [1.29, 1.82) is 0 Å². The molecule has 0 aliphatic rings. The summed E-state index contributed by atoms with van der Waals surface area (Å²) in [6.45, 7) is 1.36. The Morgan fingerprint density at radius 2 is 1.74 bits per heavy atom. The van der Waals surface area contributed by atoms with Crippen LogP contribution in [-0.2, 0) is 9.59 Å². The Morgan fingerprint density at radius 1 is 1.04 bits per heavy atom. The van der Waals surface area contributed by atoms with Crippen molar-refractivity contribution in [3.05, 3.63) is 65.7 Å². The first-order chi connectivity index (χ1) is 11.0. The molecule has 0 aromatic heterocycles. The van der Waals surface area contributed by atoms with Gasteiger partial charge in [-0.2, -0.15) is 0 Å². The van der Waals surface area contributed by atoms with Gasteiger partial charge in [-0.05, 0) is 17.7 Å². The summed E-state index contributed by atoms with van der Waals surface area (Å²) in [7, 11) is 0. The number of rotatable bonds is 5. The number of nitrogens with one attached hydrogen (secondary N) is 2. The average molecular weight is 318 g/mol. The number of benzene rings is 2. The van der Waals surface area contributed by atoms with E-state index < -0.39 is 23.6 Å². The van der Waals surface area contributed by atoms with Gasteiger partial charge in [0, 0.05) is 18.7 Å². The van der Waals surface area contributed by atoms with Crippen molar-refractivity contribution < 1.29 is 18.4 Å². The fraction of sp³-hybridized carbons (Fsp3) is 0.176. The second kappa shape index (κ2) is 7.49. The first-order valence-corrected chi connectivity index (χ1v) is 7.02. The van der Waals surface area contributed by atoms with Gasteiger partial charge in [-0.3, -0.25) is 9.59 Å². The number of halogens is 2. The summed E-state index contributed by atoms with van der Waals surface area (Å²) in [6, 6.07) is 11.6. The SMILES string of the molecule is CC(=O)N[C@H](CC(=O)Nc1ccc(F)c(F)c1)c1ccccc1. The van der Waals surface area contributed by atoms with E-state index in [1.54, 1.807) is 24.3 Å². The van der Waals surface area contributed by atoms with Gasteiger partial charge < -0.3 is 10.6 Å². The van der Waals surface area contributed by atoms with E-state index in [9.17, 15) is 18.4 Å². The van der Waals surface area contributed by atoms with Gasteiger partial charge >= 0.3 is 0 Å². The molecular formula is C17H16F2N2O2. The van der Waals surface area contributed by atoms with Gasteiger partial charge in [0.05, 0.1) is 12.5 Å². The summed E-state index contributed by atoms with van der Waals surface area (Å²) in [5, 5.41) is 5.19. The smallest absolute Gasteiger partial charge is 0.226 e. The Kier molecular flexibility index (Phi) is 5.41. The molecule has 1 atom stereocenters. The Hall–Kier alpha value is -2.76. The largest absolute Gasteiger partial charge is 0.349 e. The quantitative estimate of drug-likeness (QED) is 0.889. The fourth-order valence-electron chi connectivity index (χ4n) is 2.15. The highest BCUT2D eigenvalue weighted by Gasteiger charge is 2.17. The molecule has 2 rings (SSSR count). The van der Waals surface area contributed by atoms with E-state index >= 15 is 0 Å². The van der Waals surface area contributed by atoms with Gasteiger partial charge in [-0.25, -0.2) is 8.78 Å². The molecule has 23 heavy (non-hydrogen) atoms. The minimum absolute atomic E-state index is 0.0252. The number of hydrogen-bond acceptors (Lipinski definition) is 2. The van der Waals surface area contributed by atoms with Crippen molar-refractivity contribution in [3.63, 3.8) is 0 Å². The maximum absolute atomic E-state index is 13.1. The topological polar surface area (TPSA) is 58.2 Å². The molecule has 0 aliphatic heterocycles. The average Bonchev–Trinajstić information content (AvgIpc) is 2.51. The summed E-state index contributed by atoms with van der Waals surface area (Å²) < 4.78 is 26.0. The standard InChI is InChI=1S/C17H16F2N2O2/c1-11(22)20-16(12-5-3-2-4-6-12)10-17(23)21-13-7-8-14(18)15(19)9-13/h2-9,16H,10H2,1H3,(H,20,22)(H,21,23)/t16-/m1/s1. The molecule has 120 valence electrons. The third kappa shape index (κ3) is 4.88. The van der Waals surface area contributed by atoms with Crippen molar-refractivity contribution in [1.82, 2.24) is 5.32 Å². The molecule has 2 aromatic carbocycles. The monoisotopic (exact) mass is 318 g/mol. The van der Waals surface area contributed by atoms with Crippen molar-refractivity contribution in [2.24, 2.45) is 0 Å². The van der Waals surface area contributed by atoms with Gasteiger partial charge in [-0.15, -0.1) is 0 Å². The van der Waals surface area contributed by atoms with E-state index in [-0.39, 0.29) is 18.0 Å². The summed E-state index contributed by atoms with van der Waals surface area (Å²) in [5.74, 6) is -2.70. The molecule has 4 nitrogen and oxygen atoms in total. The lowest BCUT2D eigenvalue weighted by Gasteiger charge is -2.18. The van der Waals surface area contributed by atoms with Crippen molar-refractivity contribution in [2.45, 2.75) is 19.4 Å². The molecule has 0 radical (unpaired) electrons. The zero-order valence-electron chi connectivity index (χ0n) is 12.5. The molecular weight excluding hydrogens is 302 g/mol. The Balaban J connectivity index is 2.08. The van der Waals surface area contributed by atoms with E-state index in [0.29, 0.717) is 0 Å². The molecule has 0 saturated carbocycles. The third-order valence-corrected chi connectivity index (χ3v) is 3.17. The summed E-state index contributed by atoms with van der Waals surface area (Å²) >= 11 is 0. The van der Waals surface area contributed by atoms with Crippen molar-refractivity contribution >= 4 is 17.5 Å². The van der Waals surface area contributed by atoms with Gasteiger partial charge in [0.15, 0.2) is 11.6 Å². The molecule has 6 heteroatoms. The predicted molar refractivity (Wildman–Crippen MR) is 82.6 cm³/mol. The molecule has 0 bridgehead atoms. The van der Waals surface area contributed by atoms with Gasteiger partial charge in [0.1, 0.15) is 0 Å². The number of hydrogen-bond donors (Lipinski definition) is 2. The normalized spacial score (nSPS) is 11.6. The molecule has 0 saturated heterocycles. The van der Waals surface area contributed by atoms with Crippen LogP contribution in [0.2, 0.25) is 0 Å². The lowest BCUT2D eigenvalue weighted by molar-refractivity contribution is -0.120. The number of anilines is 1. The van der Waals surface area contributed by atoms with E-state index in [4.69, 9.17) is 0 Å². The van der Waals surface area contributed by atoms with E-state index in [1.807, 2.05) is 6.07 Å². The van der Waals surface area contributed by atoms with Crippen LogP contribution in [0.3, 0.4) is 0 Å². The van der Waals surface area contributed by atoms with Gasteiger partial charge in [0.2, 0.25) is 11.8 Å². The minimum Gasteiger partial charge on any atom is -0.349 e. The lowest BCUT2D eigenvalue weighted by Crippen LogP contribution is -2.29. The first-order valence-electron chi connectivity index (χ1n) is 7.02. The summed E-state index contributed by atoms with van der Waals surface area (Å²) in [5.41, 5.74) is 0.937. The molecule has 2 N–H and O–H groups in total. The molecule has 0 unspecified atom stereocenters. The van der Waals surface area contributed by atoms with Crippen molar-refractivity contribution in [3.8, 4) is 0 Å². The second-order valence-electron chi connectivity index (χ2n) is 5.04.